The van der Waals surface area contributed by atoms with Crippen LogP contribution in [0.25, 0.3) is 0 Å². The monoisotopic (exact) mass is 290 g/mol. The lowest BCUT2D eigenvalue weighted by Crippen LogP contribution is -2.37. The Morgan fingerprint density at radius 3 is 2.67 bits per heavy atom. The molecule has 116 valence electrons. The number of hydrogen-bond acceptors (Lipinski definition) is 3. The first-order valence-corrected chi connectivity index (χ1v) is 7.96. The highest BCUT2D eigenvalue weighted by Gasteiger charge is 2.20. The highest BCUT2D eigenvalue weighted by Crippen LogP contribution is 2.22. The quantitative estimate of drug-likeness (QED) is 0.735. The molecule has 1 aliphatic carbocycles. The van der Waals surface area contributed by atoms with Crippen molar-refractivity contribution in [3.63, 3.8) is 0 Å². The summed E-state index contributed by atoms with van der Waals surface area (Å²) in [5.74, 6) is 0.749. The molecule has 0 saturated heterocycles. The van der Waals surface area contributed by atoms with Crippen LogP contribution in [0.2, 0.25) is 0 Å². The van der Waals surface area contributed by atoms with Gasteiger partial charge in [-0.2, -0.15) is 0 Å². The molecule has 0 radical (unpaired) electrons. The normalized spacial score (nSPS) is 14.2. The molecule has 4 nitrogen and oxygen atoms in total. The van der Waals surface area contributed by atoms with Gasteiger partial charge in [-0.1, -0.05) is 32.0 Å². The average molecular weight is 290 g/mol. The van der Waals surface area contributed by atoms with Gasteiger partial charge in [0.05, 0.1) is 0 Å². The molecule has 0 spiro atoms. The van der Waals surface area contributed by atoms with Gasteiger partial charge in [-0.3, -0.25) is 4.79 Å². The van der Waals surface area contributed by atoms with Crippen LogP contribution in [0.4, 0.5) is 0 Å². The number of amides is 1. The first kappa shape index (κ1) is 15.8. The summed E-state index contributed by atoms with van der Waals surface area (Å²) >= 11 is 0. The fourth-order valence-electron chi connectivity index (χ4n) is 2.24. The van der Waals surface area contributed by atoms with Crippen molar-refractivity contribution >= 4 is 5.91 Å². The van der Waals surface area contributed by atoms with Crippen LogP contribution in [0, 0.1) is 0 Å². The molecule has 1 aromatic carbocycles. The third-order valence-electron chi connectivity index (χ3n) is 3.84. The van der Waals surface area contributed by atoms with Gasteiger partial charge >= 0.3 is 0 Å². The highest BCUT2D eigenvalue weighted by molar-refractivity contribution is 5.77. The lowest BCUT2D eigenvalue weighted by molar-refractivity contribution is -0.123. The second-order valence-electron chi connectivity index (χ2n) is 5.63. The molecule has 0 bridgehead atoms. The molecule has 0 aromatic heterocycles. The van der Waals surface area contributed by atoms with Crippen LogP contribution < -0.4 is 15.4 Å². The Morgan fingerprint density at radius 2 is 2.00 bits per heavy atom. The Labute approximate surface area is 127 Å². The Kier molecular flexibility index (Phi) is 6.05. The lowest BCUT2D eigenvalue weighted by atomic mass is 10.2. The van der Waals surface area contributed by atoms with Crippen molar-refractivity contribution < 1.29 is 9.53 Å². The molecule has 1 aromatic rings. The van der Waals surface area contributed by atoms with Gasteiger partial charge in [-0.05, 0) is 31.7 Å². The van der Waals surface area contributed by atoms with Gasteiger partial charge < -0.3 is 15.4 Å². The van der Waals surface area contributed by atoms with Gasteiger partial charge in [0.2, 0.25) is 0 Å². The van der Waals surface area contributed by atoms with Gasteiger partial charge in [0.15, 0.2) is 6.61 Å². The van der Waals surface area contributed by atoms with Crippen molar-refractivity contribution in [3.05, 3.63) is 29.8 Å². The first-order valence-electron chi connectivity index (χ1n) is 7.96. The summed E-state index contributed by atoms with van der Waals surface area (Å²) in [5, 5.41) is 6.46. The molecular formula is C17H26N2O2. The molecule has 1 saturated carbocycles. The summed E-state index contributed by atoms with van der Waals surface area (Å²) in [6.45, 7) is 5.04. The minimum absolute atomic E-state index is 0.0475. The van der Waals surface area contributed by atoms with E-state index in [0.717, 1.165) is 30.7 Å². The van der Waals surface area contributed by atoms with Crippen molar-refractivity contribution in [2.45, 2.75) is 58.2 Å². The number of benzene rings is 1. The van der Waals surface area contributed by atoms with Gasteiger partial charge in [-0.15, -0.1) is 0 Å². The number of carbonyl (C=O) groups excluding carboxylic acids is 1. The van der Waals surface area contributed by atoms with E-state index in [-0.39, 0.29) is 18.6 Å². The van der Waals surface area contributed by atoms with E-state index < -0.39 is 0 Å². The van der Waals surface area contributed by atoms with Gasteiger partial charge in [-0.25, -0.2) is 0 Å². The summed E-state index contributed by atoms with van der Waals surface area (Å²) in [5.41, 5.74) is 1.11. The predicted octanol–water partition coefficient (Wildman–Crippen LogP) is 2.62. The number of nitrogens with one attached hydrogen (secondary N) is 2. The topological polar surface area (TPSA) is 50.4 Å². The summed E-state index contributed by atoms with van der Waals surface area (Å²) in [7, 11) is 0. The van der Waals surface area contributed by atoms with E-state index in [4.69, 9.17) is 4.74 Å². The van der Waals surface area contributed by atoms with Crippen molar-refractivity contribution in [2.24, 2.45) is 0 Å². The minimum Gasteiger partial charge on any atom is -0.483 e. The van der Waals surface area contributed by atoms with E-state index in [1.165, 1.54) is 12.8 Å². The average Bonchev–Trinajstić information content (AvgIpc) is 3.33. The molecule has 1 aliphatic rings. The number of rotatable bonds is 9. The standard InChI is InChI=1S/C17H26N2O2/c1-3-14(4-2)19-17(20)12-21-16-8-6-5-7-13(16)11-18-15-9-10-15/h5-8,14-15,18H,3-4,9-12H2,1-2H3,(H,19,20). The van der Waals surface area contributed by atoms with Crippen LogP contribution >= 0.6 is 0 Å². The molecule has 1 fully saturated rings. The van der Waals surface area contributed by atoms with Crippen molar-refractivity contribution in [3.8, 4) is 5.75 Å². The van der Waals surface area contributed by atoms with E-state index in [9.17, 15) is 4.79 Å². The molecule has 1 amide bonds. The third-order valence-corrected chi connectivity index (χ3v) is 3.84. The third kappa shape index (κ3) is 5.38. The summed E-state index contributed by atoms with van der Waals surface area (Å²) in [4.78, 5) is 11.9. The van der Waals surface area contributed by atoms with E-state index >= 15 is 0 Å². The number of carbonyl (C=O) groups is 1. The van der Waals surface area contributed by atoms with Crippen molar-refractivity contribution in [2.75, 3.05) is 6.61 Å². The molecule has 0 heterocycles. The molecule has 2 rings (SSSR count). The van der Waals surface area contributed by atoms with E-state index in [1.807, 2.05) is 24.3 Å². The van der Waals surface area contributed by atoms with Crippen LogP contribution in [0.5, 0.6) is 5.75 Å². The SMILES string of the molecule is CCC(CC)NC(=O)COc1ccccc1CNC1CC1. The van der Waals surface area contributed by atoms with Gasteiger partial charge in [0.1, 0.15) is 5.75 Å². The lowest BCUT2D eigenvalue weighted by Gasteiger charge is -2.16. The number of ether oxygens (including phenoxy) is 1. The largest absolute Gasteiger partial charge is 0.483 e. The van der Waals surface area contributed by atoms with Crippen molar-refractivity contribution in [1.29, 1.82) is 0 Å². The molecule has 4 heteroatoms. The molecule has 21 heavy (non-hydrogen) atoms. The van der Waals surface area contributed by atoms with Crippen LogP contribution in [0.1, 0.15) is 45.1 Å². The maximum Gasteiger partial charge on any atom is 0.258 e. The fraction of sp³-hybridized carbons (Fsp3) is 0.588. The fourth-order valence-corrected chi connectivity index (χ4v) is 2.24. The Morgan fingerprint density at radius 1 is 1.29 bits per heavy atom. The van der Waals surface area contributed by atoms with Crippen LogP contribution in [0.15, 0.2) is 24.3 Å². The molecular weight excluding hydrogens is 264 g/mol. The van der Waals surface area contributed by atoms with Crippen LogP contribution in [-0.2, 0) is 11.3 Å². The van der Waals surface area contributed by atoms with Gasteiger partial charge in [0, 0.05) is 24.2 Å². The minimum atomic E-state index is -0.0475. The molecule has 2 N–H and O–H groups in total. The molecule has 0 atom stereocenters. The smallest absolute Gasteiger partial charge is 0.258 e. The van der Waals surface area contributed by atoms with E-state index in [0.29, 0.717) is 6.04 Å². The number of hydrogen-bond donors (Lipinski definition) is 2. The maximum atomic E-state index is 11.9. The zero-order chi connectivity index (χ0) is 15.1. The van der Waals surface area contributed by atoms with Crippen molar-refractivity contribution in [1.82, 2.24) is 10.6 Å². The van der Waals surface area contributed by atoms with E-state index in [1.54, 1.807) is 0 Å². The van der Waals surface area contributed by atoms with Crippen LogP contribution in [0.3, 0.4) is 0 Å². The van der Waals surface area contributed by atoms with E-state index in [2.05, 4.69) is 24.5 Å². The molecule has 0 aliphatic heterocycles. The summed E-state index contributed by atoms with van der Waals surface area (Å²) in [6.07, 6.45) is 4.43. The predicted molar refractivity (Wildman–Crippen MR) is 84.3 cm³/mol. The van der Waals surface area contributed by atoms with Gasteiger partial charge in [0.25, 0.3) is 5.91 Å². The summed E-state index contributed by atoms with van der Waals surface area (Å²) in [6, 6.07) is 8.82. The molecule has 0 unspecified atom stereocenters. The first-order chi connectivity index (χ1) is 10.2. The number of para-hydroxylation sites is 1. The maximum absolute atomic E-state index is 11.9. The Hall–Kier alpha value is -1.55. The second-order valence-corrected chi connectivity index (χ2v) is 5.63. The Bertz CT molecular complexity index is 454. The Balaban J connectivity index is 1.82. The van der Waals surface area contributed by atoms with Crippen LogP contribution in [-0.4, -0.2) is 24.6 Å². The summed E-state index contributed by atoms with van der Waals surface area (Å²) < 4.78 is 5.69. The second kappa shape index (κ2) is 8.03. The highest BCUT2D eigenvalue weighted by atomic mass is 16.5. The zero-order valence-electron chi connectivity index (χ0n) is 13.0. The zero-order valence-corrected chi connectivity index (χ0v) is 13.0.